The first-order valence-electron chi connectivity index (χ1n) is 13.4. The summed E-state index contributed by atoms with van der Waals surface area (Å²) in [6.07, 6.45) is 5.49. The van der Waals surface area contributed by atoms with Gasteiger partial charge in [0.15, 0.2) is 0 Å². The number of hydrogen-bond donors (Lipinski definition) is 0. The first kappa shape index (κ1) is 27.5. The zero-order valence-corrected chi connectivity index (χ0v) is 23.2. The Morgan fingerprint density at radius 2 is 1.89 bits per heavy atom. The number of fused-ring (bicyclic) bond motifs is 1. The van der Waals surface area contributed by atoms with Gasteiger partial charge in [-0.25, -0.2) is 13.2 Å². The van der Waals surface area contributed by atoms with Crippen LogP contribution in [0.25, 0.3) is 0 Å². The Labute approximate surface area is 221 Å². The lowest BCUT2D eigenvalue weighted by Crippen LogP contribution is -2.45. The molecule has 2 unspecified atom stereocenters. The quantitative estimate of drug-likeness (QED) is 0.271. The molecule has 0 spiro atoms. The number of methoxy groups -OCH3 is 1. The van der Waals surface area contributed by atoms with Crippen molar-refractivity contribution in [2.75, 3.05) is 31.2 Å². The minimum Gasteiger partial charge on any atom is -0.492 e. The van der Waals surface area contributed by atoms with Crippen molar-refractivity contribution in [3.05, 3.63) is 53.1 Å². The molecule has 2 aromatic carbocycles. The van der Waals surface area contributed by atoms with Crippen LogP contribution in [0.15, 0.2) is 41.3 Å². The molecule has 8 heteroatoms. The molecule has 37 heavy (non-hydrogen) atoms. The van der Waals surface area contributed by atoms with Crippen LogP contribution in [0.1, 0.15) is 67.9 Å². The summed E-state index contributed by atoms with van der Waals surface area (Å²) in [5, 5.41) is 0. The second kappa shape index (κ2) is 11.9. The van der Waals surface area contributed by atoms with Gasteiger partial charge in [0.1, 0.15) is 11.3 Å². The van der Waals surface area contributed by atoms with Crippen molar-refractivity contribution in [2.45, 2.75) is 70.2 Å². The highest BCUT2D eigenvalue weighted by atomic mass is 32.2. The average Bonchev–Trinajstić information content (AvgIpc) is 3.76. The van der Waals surface area contributed by atoms with Crippen LogP contribution in [-0.4, -0.2) is 47.4 Å². The van der Waals surface area contributed by atoms with Gasteiger partial charge in [-0.3, -0.25) is 4.31 Å². The third-order valence-corrected chi connectivity index (χ3v) is 9.20. The van der Waals surface area contributed by atoms with Gasteiger partial charge in [-0.1, -0.05) is 26.0 Å². The fourth-order valence-electron chi connectivity index (χ4n) is 5.01. The number of aryl methyl sites for hydroxylation is 2. The Hall–Kier alpha value is -2.58. The van der Waals surface area contributed by atoms with E-state index in [1.807, 2.05) is 26.0 Å². The fraction of sp³-hybridized carbons (Fsp3) is 0.552. The molecule has 1 aliphatic heterocycles. The smallest absolute Gasteiger partial charge is 0.341 e. The molecule has 0 saturated heterocycles. The van der Waals surface area contributed by atoms with Crippen LogP contribution in [-0.2, 0) is 32.3 Å². The zero-order valence-electron chi connectivity index (χ0n) is 22.4. The number of rotatable bonds is 12. The van der Waals surface area contributed by atoms with Crippen molar-refractivity contribution in [2.24, 2.45) is 11.8 Å². The molecule has 1 heterocycles. The maximum absolute atomic E-state index is 14.2. The highest BCUT2D eigenvalue weighted by Crippen LogP contribution is 2.45. The maximum atomic E-state index is 14.2. The number of esters is 1. The lowest BCUT2D eigenvalue weighted by molar-refractivity contribution is 0.0594. The highest BCUT2D eigenvalue weighted by molar-refractivity contribution is 7.92. The van der Waals surface area contributed by atoms with Gasteiger partial charge >= 0.3 is 5.97 Å². The largest absolute Gasteiger partial charge is 0.492 e. The summed E-state index contributed by atoms with van der Waals surface area (Å²) >= 11 is 0. The van der Waals surface area contributed by atoms with Crippen LogP contribution < -0.4 is 9.04 Å². The third kappa shape index (κ3) is 6.12. The summed E-state index contributed by atoms with van der Waals surface area (Å²) in [5.41, 5.74) is 3.13. The highest BCUT2D eigenvalue weighted by Gasteiger charge is 2.44. The Morgan fingerprint density at radius 3 is 2.57 bits per heavy atom. The number of carbonyl (C=O) groups excluding carboxylic acids is 1. The lowest BCUT2D eigenvalue weighted by Gasteiger charge is -2.38. The number of anilines is 1. The molecule has 7 nitrogen and oxygen atoms in total. The summed E-state index contributed by atoms with van der Waals surface area (Å²) in [5.74, 6) is 0.270. The van der Waals surface area contributed by atoms with E-state index in [0.717, 1.165) is 49.8 Å². The van der Waals surface area contributed by atoms with E-state index in [0.29, 0.717) is 31.5 Å². The molecule has 2 aromatic rings. The van der Waals surface area contributed by atoms with Crippen LogP contribution >= 0.6 is 0 Å². The van der Waals surface area contributed by atoms with Crippen LogP contribution in [0.5, 0.6) is 5.75 Å². The predicted octanol–water partition coefficient (Wildman–Crippen LogP) is 5.40. The summed E-state index contributed by atoms with van der Waals surface area (Å²) in [6, 6.07) is 10.5. The Bertz CT molecular complexity index is 1210. The van der Waals surface area contributed by atoms with Crippen LogP contribution in [0, 0.1) is 11.8 Å². The van der Waals surface area contributed by atoms with Gasteiger partial charge in [0.25, 0.3) is 10.0 Å². The van der Waals surface area contributed by atoms with Gasteiger partial charge in [0, 0.05) is 19.3 Å². The minimum absolute atomic E-state index is 0.0720. The van der Waals surface area contributed by atoms with E-state index in [2.05, 4.69) is 13.0 Å². The summed E-state index contributed by atoms with van der Waals surface area (Å²) in [6.45, 7) is 7.79. The SMILES string of the molecule is CCOCCC(C)COc1ccc(S(=O)(=O)N2c3ccc(CC)cc3CCC2C2CC2)cc1C(=O)OC. The monoisotopic (exact) mass is 529 g/mol. The second-order valence-electron chi connectivity index (χ2n) is 10.1. The van der Waals surface area contributed by atoms with Gasteiger partial charge in [-0.2, -0.15) is 0 Å². The molecule has 2 atom stereocenters. The van der Waals surface area contributed by atoms with Crippen molar-refractivity contribution in [1.82, 2.24) is 0 Å². The van der Waals surface area contributed by atoms with Crippen LogP contribution in [0.3, 0.4) is 0 Å². The molecule has 0 radical (unpaired) electrons. The van der Waals surface area contributed by atoms with Crippen LogP contribution in [0.4, 0.5) is 5.69 Å². The number of hydrogen-bond acceptors (Lipinski definition) is 6. The zero-order chi connectivity index (χ0) is 26.6. The standard InChI is InChI=1S/C29H39NO6S/c1-5-21-7-12-27-23(17-21)10-13-26(22-8-9-22)30(27)37(32,33)24-11-14-28(25(18-24)29(31)34-4)36-19-20(3)15-16-35-6-2/h7,11-12,14,17-18,20,22,26H,5-6,8-10,13,15-16,19H2,1-4H3. The molecule has 4 rings (SSSR count). The van der Waals surface area contributed by atoms with E-state index in [1.54, 1.807) is 16.4 Å². The predicted molar refractivity (Wildman–Crippen MR) is 144 cm³/mol. The first-order chi connectivity index (χ1) is 17.8. The number of benzene rings is 2. The van der Waals surface area contributed by atoms with E-state index in [4.69, 9.17) is 14.2 Å². The second-order valence-corrected chi connectivity index (χ2v) is 11.9. The van der Waals surface area contributed by atoms with Crippen molar-refractivity contribution < 1.29 is 27.4 Å². The molecule has 202 valence electrons. The van der Waals surface area contributed by atoms with Gasteiger partial charge in [0.2, 0.25) is 0 Å². The normalized spacial score (nSPS) is 18.3. The molecule has 1 fully saturated rings. The molecule has 0 N–H and O–H groups in total. The van der Waals surface area contributed by atoms with Crippen molar-refractivity contribution >= 4 is 21.7 Å². The molecule has 1 aliphatic carbocycles. The molecule has 2 aliphatic rings. The van der Waals surface area contributed by atoms with E-state index in [-0.39, 0.29) is 22.4 Å². The topological polar surface area (TPSA) is 82.1 Å². The van der Waals surface area contributed by atoms with Crippen molar-refractivity contribution in [3.8, 4) is 5.75 Å². The van der Waals surface area contributed by atoms with E-state index < -0.39 is 16.0 Å². The number of ether oxygens (including phenoxy) is 3. The first-order valence-corrected chi connectivity index (χ1v) is 14.8. The number of carbonyl (C=O) groups is 1. The van der Waals surface area contributed by atoms with Crippen LogP contribution in [0.2, 0.25) is 0 Å². The van der Waals surface area contributed by atoms with Crippen molar-refractivity contribution in [3.63, 3.8) is 0 Å². The average molecular weight is 530 g/mol. The van der Waals surface area contributed by atoms with Gasteiger partial charge in [-0.15, -0.1) is 0 Å². The molecule has 0 bridgehead atoms. The number of sulfonamides is 1. The Balaban J connectivity index is 1.66. The van der Waals surface area contributed by atoms with E-state index in [9.17, 15) is 13.2 Å². The molecular weight excluding hydrogens is 490 g/mol. The van der Waals surface area contributed by atoms with E-state index in [1.165, 1.54) is 18.7 Å². The maximum Gasteiger partial charge on any atom is 0.341 e. The molecule has 1 saturated carbocycles. The van der Waals surface area contributed by atoms with Gasteiger partial charge < -0.3 is 14.2 Å². The van der Waals surface area contributed by atoms with Gasteiger partial charge in [-0.05, 0) is 92.7 Å². The summed E-state index contributed by atoms with van der Waals surface area (Å²) in [7, 11) is -2.64. The summed E-state index contributed by atoms with van der Waals surface area (Å²) in [4.78, 5) is 12.7. The van der Waals surface area contributed by atoms with Gasteiger partial charge in [0.05, 0.1) is 24.3 Å². The lowest BCUT2D eigenvalue weighted by atomic mass is 9.93. The fourth-order valence-corrected chi connectivity index (χ4v) is 6.82. The number of nitrogens with zero attached hydrogens (tertiary/aromatic N) is 1. The molecule has 0 aromatic heterocycles. The summed E-state index contributed by atoms with van der Waals surface area (Å²) < 4.78 is 46.3. The van der Waals surface area contributed by atoms with E-state index >= 15 is 0 Å². The third-order valence-electron chi connectivity index (χ3n) is 7.36. The minimum atomic E-state index is -3.92. The van der Waals surface area contributed by atoms with Crippen molar-refractivity contribution in [1.29, 1.82) is 0 Å². The Morgan fingerprint density at radius 1 is 1.11 bits per heavy atom. The molecule has 0 amide bonds. The molecular formula is C29H39NO6S. The Kier molecular flexibility index (Phi) is 8.80.